The van der Waals surface area contributed by atoms with Gasteiger partial charge in [-0.15, -0.1) is 0 Å². The smallest absolute Gasteiger partial charge is 0.344 e. The third-order valence-electron chi connectivity index (χ3n) is 9.00. The van der Waals surface area contributed by atoms with E-state index in [-0.39, 0.29) is 5.63 Å². The minimum atomic E-state index is -0.327. The zero-order valence-corrected chi connectivity index (χ0v) is 24.9. The molecule has 216 valence electrons. The molecule has 7 aromatic carbocycles. The first-order valence-electron chi connectivity index (χ1n) is 15.5. The van der Waals surface area contributed by atoms with Gasteiger partial charge in [0.05, 0.1) is 16.4 Å². The lowest BCUT2D eigenvalue weighted by Crippen LogP contribution is -2.01. The number of rotatable bonds is 4. The van der Waals surface area contributed by atoms with Crippen molar-refractivity contribution < 1.29 is 4.42 Å². The molecule has 0 atom stereocenters. The number of nitrogens with zero attached hydrogens (tertiary/aromatic N) is 1. The Hall–Kier alpha value is -6.19. The quantitative estimate of drug-likeness (QED) is 0.151. The van der Waals surface area contributed by atoms with E-state index in [9.17, 15) is 4.79 Å². The van der Waals surface area contributed by atoms with Gasteiger partial charge in [0.2, 0.25) is 0 Å². The van der Waals surface area contributed by atoms with Gasteiger partial charge in [0.1, 0.15) is 5.58 Å². The fourth-order valence-corrected chi connectivity index (χ4v) is 6.94. The van der Waals surface area contributed by atoms with Gasteiger partial charge in [-0.1, -0.05) is 127 Å². The van der Waals surface area contributed by atoms with Crippen molar-refractivity contribution in [3.63, 3.8) is 0 Å². The minimum Gasteiger partial charge on any atom is -0.422 e. The second kappa shape index (κ2) is 10.5. The Morgan fingerprint density at radius 1 is 0.413 bits per heavy atom. The van der Waals surface area contributed by atoms with E-state index in [0.717, 1.165) is 71.6 Å². The summed E-state index contributed by atoms with van der Waals surface area (Å²) < 4.78 is 8.59. The van der Waals surface area contributed by atoms with E-state index in [2.05, 4.69) is 126 Å². The number of benzene rings is 7. The zero-order valence-electron chi connectivity index (χ0n) is 24.9. The molecule has 0 unspecified atom stereocenters. The first-order valence-corrected chi connectivity index (χ1v) is 15.5. The van der Waals surface area contributed by atoms with Crippen LogP contribution in [-0.4, -0.2) is 4.57 Å². The van der Waals surface area contributed by atoms with Crippen LogP contribution in [0.15, 0.2) is 173 Å². The molecule has 0 N–H and O–H groups in total. The molecule has 9 rings (SSSR count). The lowest BCUT2D eigenvalue weighted by molar-refractivity contribution is 0.571. The molecule has 0 spiro atoms. The molecule has 2 heterocycles. The van der Waals surface area contributed by atoms with Crippen molar-refractivity contribution in [2.75, 3.05) is 0 Å². The molecular formula is C43H27NO2. The number of aromatic nitrogens is 1. The molecule has 46 heavy (non-hydrogen) atoms. The van der Waals surface area contributed by atoms with E-state index >= 15 is 0 Å². The molecule has 3 nitrogen and oxygen atoms in total. The molecule has 0 amide bonds. The molecule has 0 saturated heterocycles. The van der Waals surface area contributed by atoms with Gasteiger partial charge >= 0.3 is 5.63 Å². The van der Waals surface area contributed by atoms with Crippen molar-refractivity contribution in [1.82, 2.24) is 4.57 Å². The SMILES string of the molecule is O=c1oc2c(-c3ccccc3)cc3c(c4ccccc4n3-c3cc(-c4ccccc4)cc(-c4ccccc4)c3)c2c2ccccc12. The van der Waals surface area contributed by atoms with Gasteiger partial charge in [-0.05, 0) is 64.2 Å². The van der Waals surface area contributed by atoms with Gasteiger partial charge in [-0.25, -0.2) is 4.79 Å². The first kappa shape index (κ1) is 26.2. The van der Waals surface area contributed by atoms with E-state index in [1.54, 1.807) is 0 Å². The second-order valence-electron chi connectivity index (χ2n) is 11.7. The molecule has 0 radical (unpaired) electrons. The standard InChI is InChI=1S/C43H27NO2/c45-43-35-21-11-10-20-34(35)41-40-36-22-12-13-23-38(36)44(39(40)27-37(42(41)46-43)30-18-8-3-9-19-30)33-25-31(28-14-4-1-5-15-28)24-32(26-33)29-16-6-2-7-17-29/h1-27H. The van der Waals surface area contributed by atoms with Crippen LogP contribution in [0.3, 0.4) is 0 Å². The third-order valence-corrected chi connectivity index (χ3v) is 9.00. The second-order valence-corrected chi connectivity index (χ2v) is 11.7. The molecule has 0 saturated carbocycles. The Bertz CT molecular complexity index is 2580. The summed E-state index contributed by atoms with van der Waals surface area (Å²) in [5, 5.41) is 4.59. The van der Waals surface area contributed by atoms with Gasteiger partial charge in [0.25, 0.3) is 0 Å². The maximum atomic E-state index is 13.4. The van der Waals surface area contributed by atoms with Crippen molar-refractivity contribution in [2.45, 2.75) is 0 Å². The summed E-state index contributed by atoms with van der Waals surface area (Å²) in [6.45, 7) is 0. The maximum Gasteiger partial charge on any atom is 0.344 e. The summed E-state index contributed by atoms with van der Waals surface area (Å²) in [6.07, 6.45) is 0. The van der Waals surface area contributed by atoms with Crippen molar-refractivity contribution in [3.8, 4) is 39.1 Å². The Kier molecular flexibility index (Phi) is 5.97. The highest BCUT2D eigenvalue weighted by atomic mass is 16.4. The van der Waals surface area contributed by atoms with Crippen LogP contribution in [0.1, 0.15) is 0 Å². The molecular weight excluding hydrogens is 562 g/mol. The average Bonchev–Trinajstić information content (AvgIpc) is 3.46. The highest BCUT2D eigenvalue weighted by Gasteiger charge is 2.22. The van der Waals surface area contributed by atoms with Crippen LogP contribution in [0.25, 0.3) is 82.6 Å². The molecule has 0 fully saturated rings. The summed E-state index contributed by atoms with van der Waals surface area (Å²) in [6, 6.07) is 56.7. The van der Waals surface area contributed by atoms with Crippen LogP contribution in [0.4, 0.5) is 0 Å². The third kappa shape index (κ3) is 4.10. The highest BCUT2D eigenvalue weighted by molar-refractivity contribution is 6.29. The number of hydrogen-bond donors (Lipinski definition) is 0. The minimum absolute atomic E-state index is 0.327. The molecule has 0 aliphatic heterocycles. The van der Waals surface area contributed by atoms with Gasteiger partial charge in [-0.2, -0.15) is 0 Å². The van der Waals surface area contributed by atoms with Crippen LogP contribution in [0.5, 0.6) is 0 Å². The fourth-order valence-electron chi connectivity index (χ4n) is 6.94. The zero-order chi connectivity index (χ0) is 30.6. The Balaban J connectivity index is 1.48. The van der Waals surface area contributed by atoms with Crippen LogP contribution in [0.2, 0.25) is 0 Å². The van der Waals surface area contributed by atoms with Crippen molar-refractivity contribution >= 4 is 43.5 Å². The van der Waals surface area contributed by atoms with Gasteiger partial charge in [-0.3, -0.25) is 0 Å². The summed E-state index contributed by atoms with van der Waals surface area (Å²) in [4.78, 5) is 13.4. The molecule has 2 aromatic heterocycles. The van der Waals surface area contributed by atoms with Crippen LogP contribution >= 0.6 is 0 Å². The maximum absolute atomic E-state index is 13.4. The highest BCUT2D eigenvalue weighted by Crippen LogP contribution is 2.44. The van der Waals surface area contributed by atoms with Gasteiger partial charge in [0, 0.05) is 32.8 Å². The van der Waals surface area contributed by atoms with Crippen molar-refractivity contribution in [3.05, 3.63) is 174 Å². The monoisotopic (exact) mass is 589 g/mol. The fraction of sp³-hybridized carbons (Fsp3) is 0. The normalized spacial score (nSPS) is 11.6. The average molecular weight is 590 g/mol. The van der Waals surface area contributed by atoms with Crippen molar-refractivity contribution in [1.29, 1.82) is 0 Å². The summed E-state index contributed by atoms with van der Waals surface area (Å²) >= 11 is 0. The Morgan fingerprint density at radius 2 is 0.935 bits per heavy atom. The molecule has 0 aliphatic rings. The number of fused-ring (bicyclic) bond motifs is 7. The topological polar surface area (TPSA) is 35.1 Å². The lowest BCUT2D eigenvalue weighted by atomic mass is 9.96. The summed E-state index contributed by atoms with van der Waals surface area (Å²) in [5.74, 6) is 0. The van der Waals surface area contributed by atoms with Gasteiger partial charge in [0.15, 0.2) is 0 Å². The lowest BCUT2D eigenvalue weighted by Gasteiger charge is -2.15. The summed E-state index contributed by atoms with van der Waals surface area (Å²) in [5.41, 5.74) is 9.96. The van der Waals surface area contributed by atoms with E-state index in [4.69, 9.17) is 4.42 Å². The molecule has 0 aliphatic carbocycles. The van der Waals surface area contributed by atoms with Gasteiger partial charge < -0.3 is 8.98 Å². The number of hydrogen-bond acceptors (Lipinski definition) is 2. The molecule has 0 bridgehead atoms. The predicted molar refractivity (Wildman–Crippen MR) is 191 cm³/mol. The number of para-hydroxylation sites is 1. The largest absolute Gasteiger partial charge is 0.422 e. The first-order chi connectivity index (χ1) is 22.7. The predicted octanol–water partition coefficient (Wildman–Crippen LogP) is 11.0. The Labute approximate surface area is 265 Å². The Morgan fingerprint density at radius 3 is 1.57 bits per heavy atom. The van der Waals surface area contributed by atoms with Crippen molar-refractivity contribution in [2.24, 2.45) is 0 Å². The van der Waals surface area contributed by atoms with Crippen LogP contribution in [-0.2, 0) is 0 Å². The van der Waals surface area contributed by atoms with E-state index in [0.29, 0.717) is 11.0 Å². The van der Waals surface area contributed by atoms with E-state index < -0.39 is 0 Å². The van der Waals surface area contributed by atoms with E-state index in [1.165, 1.54) is 0 Å². The molecule has 3 heteroatoms. The van der Waals surface area contributed by atoms with Crippen LogP contribution < -0.4 is 5.63 Å². The van der Waals surface area contributed by atoms with E-state index in [1.807, 2.05) is 42.5 Å². The summed E-state index contributed by atoms with van der Waals surface area (Å²) in [7, 11) is 0. The molecule has 9 aromatic rings. The van der Waals surface area contributed by atoms with Crippen LogP contribution in [0, 0.1) is 0 Å².